The fourth-order valence-corrected chi connectivity index (χ4v) is 4.86. The Kier molecular flexibility index (Phi) is 2.96. The summed E-state index contributed by atoms with van der Waals surface area (Å²) in [6.45, 7) is 0. The Morgan fingerprint density at radius 3 is 2.16 bits per heavy atom. The molecular weight excluding hydrogens is 240 g/mol. The van der Waals surface area contributed by atoms with Crippen molar-refractivity contribution >= 4 is 11.6 Å². The fourth-order valence-electron chi connectivity index (χ4n) is 4.86. The standard InChI is InChI=1S/C14H20N4O/c1-18(17-12(7-15)14(16)19)13-10-3-8-2-9(5-10)6-11(13)4-8/h8-11,13H,2-6H2,1H3,(H2,16,19)/b17-12+. The summed E-state index contributed by atoms with van der Waals surface area (Å²) >= 11 is 0. The van der Waals surface area contributed by atoms with Crippen LogP contribution in [0.3, 0.4) is 0 Å². The van der Waals surface area contributed by atoms with Crippen molar-refractivity contribution in [1.29, 1.82) is 5.26 Å². The first-order valence-corrected chi connectivity index (χ1v) is 7.09. The third-order valence-electron chi connectivity index (χ3n) is 5.21. The first kappa shape index (κ1) is 12.5. The van der Waals surface area contributed by atoms with Gasteiger partial charge in [-0.3, -0.25) is 9.80 Å². The molecule has 4 fully saturated rings. The van der Waals surface area contributed by atoms with Crippen LogP contribution >= 0.6 is 0 Å². The Balaban J connectivity index is 1.79. The molecule has 5 nitrogen and oxygen atoms in total. The van der Waals surface area contributed by atoms with E-state index in [1.165, 1.54) is 32.1 Å². The summed E-state index contributed by atoms with van der Waals surface area (Å²) in [4.78, 5) is 11.1. The van der Waals surface area contributed by atoms with Crippen LogP contribution in [-0.4, -0.2) is 29.7 Å². The molecule has 5 heteroatoms. The van der Waals surface area contributed by atoms with Crippen molar-refractivity contribution in [3.63, 3.8) is 0 Å². The van der Waals surface area contributed by atoms with Gasteiger partial charge in [0.1, 0.15) is 6.07 Å². The third kappa shape index (κ3) is 2.09. The average Bonchev–Trinajstić information content (AvgIpc) is 2.34. The summed E-state index contributed by atoms with van der Waals surface area (Å²) in [5, 5.41) is 14.9. The van der Waals surface area contributed by atoms with Crippen LogP contribution in [0.2, 0.25) is 0 Å². The molecule has 4 aliphatic carbocycles. The topological polar surface area (TPSA) is 82.5 Å². The van der Waals surface area contributed by atoms with E-state index >= 15 is 0 Å². The van der Waals surface area contributed by atoms with E-state index in [1.54, 1.807) is 6.07 Å². The van der Waals surface area contributed by atoms with Crippen LogP contribution in [0, 0.1) is 35.0 Å². The quantitative estimate of drug-likeness (QED) is 0.609. The molecule has 0 atom stereocenters. The molecule has 0 aliphatic heterocycles. The third-order valence-corrected chi connectivity index (χ3v) is 5.21. The van der Waals surface area contributed by atoms with E-state index < -0.39 is 5.91 Å². The molecule has 0 aromatic rings. The van der Waals surface area contributed by atoms with Gasteiger partial charge in [-0.05, 0) is 55.8 Å². The van der Waals surface area contributed by atoms with E-state index in [0.717, 1.165) is 11.8 Å². The summed E-state index contributed by atoms with van der Waals surface area (Å²) in [5.41, 5.74) is 4.97. The second-order valence-corrected chi connectivity index (χ2v) is 6.42. The molecule has 4 bridgehead atoms. The van der Waals surface area contributed by atoms with Crippen molar-refractivity contribution in [2.45, 2.75) is 38.1 Å². The Morgan fingerprint density at radius 1 is 1.21 bits per heavy atom. The number of nitriles is 1. The SMILES string of the molecule is CN(/N=C(\C#N)C(N)=O)C1C2CC3CC(C2)CC1C3. The molecule has 0 aromatic carbocycles. The molecule has 1 amide bonds. The van der Waals surface area contributed by atoms with E-state index in [4.69, 9.17) is 11.0 Å². The van der Waals surface area contributed by atoms with Gasteiger partial charge in [0.15, 0.2) is 0 Å². The van der Waals surface area contributed by atoms with Crippen LogP contribution in [0.4, 0.5) is 0 Å². The molecule has 0 heterocycles. The largest absolute Gasteiger partial charge is 0.364 e. The predicted octanol–water partition coefficient (Wildman–Crippen LogP) is 1.11. The van der Waals surface area contributed by atoms with Crippen LogP contribution in [0.1, 0.15) is 32.1 Å². The molecule has 4 rings (SSSR count). The van der Waals surface area contributed by atoms with E-state index in [1.807, 2.05) is 12.1 Å². The highest BCUT2D eigenvalue weighted by Crippen LogP contribution is 2.54. The Bertz CT molecular complexity index is 437. The molecule has 19 heavy (non-hydrogen) atoms. The number of hydrogen-bond acceptors (Lipinski definition) is 4. The molecule has 0 aromatic heterocycles. The fraction of sp³-hybridized carbons (Fsp3) is 0.786. The summed E-state index contributed by atoms with van der Waals surface area (Å²) in [6, 6.07) is 2.17. The second-order valence-electron chi connectivity index (χ2n) is 6.42. The van der Waals surface area contributed by atoms with Gasteiger partial charge in [0, 0.05) is 7.05 Å². The molecule has 0 saturated heterocycles. The average molecular weight is 260 g/mol. The minimum atomic E-state index is -0.738. The lowest BCUT2D eigenvalue weighted by atomic mass is 9.54. The smallest absolute Gasteiger partial charge is 0.280 e. The highest BCUT2D eigenvalue weighted by molar-refractivity contribution is 6.44. The van der Waals surface area contributed by atoms with Gasteiger partial charge < -0.3 is 5.73 Å². The van der Waals surface area contributed by atoms with Crippen LogP contribution in [0.25, 0.3) is 0 Å². The number of nitrogens with two attached hydrogens (primary N) is 1. The first-order valence-electron chi connectivity index (χ1n) is 7.09. The van der Waals surface area contributed by atoms with Gasteiger partial charge in [-0.15, -0.1) is 0 Å². The van der Waals surface area contributed by atoms with E-state index in [-0.39, 0.29) is 5.71 Å². The maximum Gasteiger partial charge on any atom is 0.280 e. The molecule has 4 aliphatic rings. The number of hydrogen-bond donors (Lipinski definition) is 1. The molecular formula is C14H20N4O. The van der Waals surface area contributed by atoms with Crippen LogP contribution in [-0.2, 0) is 4.79 Å². The summed E-state index contributed by atoms with van der Waals surface area (Å²) < 4.78 is 0. The van der Waals surface area contributed by atoms with Crippen molar-refractivity contribution in [2.24, 2.45) is 34.5 Å². The summed E-state index contributed by atoms with van der Waals surface area (Å²) in [5.74, 6) is 2.43. The number of carbonyl (C=O) groups is 1. The van der Waals surface area contributed by atoms with E-state index in [9.17, 15) is 4.79 Å². The second kappa shape index (κ2) is 4.52. The maximum absolute atomic E-state index is 11.1. The lowest BCUT2D eigenvalue weighted by molar-refractivity contribution is -0.112. The minimum absolute atomic E-state index is 0.184. The molecule has 102 valence electrons. The van der Waals surface area contributed by atoms with Gasteiger partial charge >= 0.3 is 0 Å². The molecule has 0 spiro atoms. The molecule has 4 saturated carbocycles. The number of hydrazone groups is 1. The van der Waals surface area contributed by atoms with Crippen LogP contribution in [0.5, 0.6) is 0 Å². The van der Waals surface area contributed by atoms with Gasteiger partial charge in [0.25, 0.3) is 5.91 Å². The zero-order valence-corrected chi connectivity index (χ0v) is 11.2. The zero-order chi connectivity index (χ0) is 13.6. The normalized spacial score (nSPS) is 40.0. The number of carbonyl (C=O) groups excluding carboxylic acids is 1. The number of rotatable bonds is 3. The molecule has 2 N–H and O–H groups in total. The monoisotopic (exact) mass is 260 g/mol. The van der Waals surface area contributed by atoms with Crippen molar-refractivity contribution in [3.05, 3.63) is 0 Å². The summed E-state index contributed by atoms with van der Waals surface area (Å²) in [7, 11) is 1.88. The van der Waals surface area contributed by atoms with Gasteiger partial charge in [-0.25, -0.2) is 0 Å². The van der Waals surface area contributed by atoms with Crippen molar-refractivity contribution in [3.8, 4) is 6.07 Å². The molecule has 0 unspecified atom stereocenters. The number of primary amides is 1. The van der Waals surface area contributed by atoms with Gasteiger partial charge in [0.2, 0.25) is 5.71 Å². The maximum atomic E-state index is 11.1. The zero-order valence-electron chi connectivity index (χ0n) is 11.2. The summed E-state index contributed by atoms with van der Waals surface area (Å²) in [6.07, 6.45) is 6.56. The molecule has 0 radical (unpaired) electrons. The van der Waals surface area contributed by atoms with E-state index in [0.29, 0.717) is 17.9 Å². The van der Waals surface area contributed by atoms with Gasteiger partial charge in [-0.2, -0.15) is 10.4 Å². The van der Waals surface area contributed by atoms with Crippen LogP contribution in [0.15, 0.2) is 5.10 Å². The predicted molar refractivity (Wildman–Crippen MR) is 70.8 cm³/mol. The first-order chi connectivity index (χ1) is 9.08. The lowest BCUT2D eigenvalue weighted by Crippen LogP contribution is -2.53. The van der Waals surface area contributed by atoms with Crippen molar-refractivity contribution in [2.75, 3.05) is 7.05 Å². The van der Waals surface area contributed by atoms with E-state index in [2.05, 4.69) is 5.10 Å². The number of amides is 1. The highest BCUT2D eigenvalue weighted by Gasteiger charge is 2.49. The van der Waals surface area contributed by atoms with Crippen molar-refractivity contribution < 1.29 is 4.79 Å². The van der Waals surface area contributed by atoms with Gasteiger partial charge in [-0.1, -0.05) is 0 Å². The lowest BCUT2D eigenvalue weighted by Gasteiger charge is -2.55. The van der Waals surface area contributed by atoms with Crippen LogP contribution < -0.4 is 5.73 Å². The highest BCUT2D eigenvalue weighted by atomic mass is 16.1. The minimum Gasteiger partial charge on any atom is -0.364 e. The van der Waals surface area contributed by atoms with Gasteiger partial charge in [0.05, 0.1) is 6.04 Å². The van der Waals surface area contributed by atoms with Crippen molar-refractivity contribution in [1.82, 2.24) is 5.01 Å². The Hall–Kier alpha value is -1.57. The number of nitrogens with zero attached hydrogens (tertiary/aromatic N) is 3. The Morgan fingerprint density at radius 2 is 1.74 bits per heavy atom. The Labute approximate surface area is 113 Å².